The number of methoxy groups -OCH3 is 1. The summed E-state index contributed by atoms with van der Waals surface area (Å²) in [6.07, 6.45) is 0. The molecule has 0 aliphatic rings. The lowest BCUT2D eigenvalue weighted by molar-refractivity contribution is 0.0598. The number of hydrogen-bond donors (Lipinski definition) is 1. The van der Waals surface area contributed by atoms with Crippen LogP contribution in [-0.2, 0) is 4.74 Å². The molecule has 0 aromatic heterocycles. The number of esters is 1. The summed E-state index contributed by atoms with van der Waals surface area (Å²) in [4.78, 5) is 21.6. The first-order valence-electron chi connectivity index (χ1n) is 3.67. The second-order valence-corrected chi connectivity index (χ2v) is 2.90. The number of halogens is 1. The molecule has 1 aromatic rings. The molecule has 0 atom stereocenters. The van der Waals surface area contributed by atoms with E-state index in [-0.39, 0.29) is 16.1 Å². The van der Waals surface area contributed by atoms with E-state index in [1.807, 2.05) is 0 Å². The number of ether oxygens (including phenoxy) is 1. The Morgan fingerprint density at radius 2 is 2.07 bits per heavy atom. The Morgan fingerprint density at radius 1 is 1.43 bits per heavy atom. The summed E-state index contributed by atoms with van der Waals surface area (Å²) >= 11 is 5.64. The molecule has 0 spiro atoms. The molecule has 1 rings (SSSR count). The van der Waals surface area contributed by atoms with E-state index in [2.05, 4.69) is 4.74 Å². The van der Waals surface area contributed by atoms with Gasteiger partial charge in [0.1, 0.15) is 0 Å². The van der Waals surface area contributed by atoms with Gasteiger partial charge in [-0.15, -0.1) is 0 Å². The third kappa shape index (κ3) is 2.03. The molecule has 4 nitrogen and oxygen atoms in total. The summed E-state index contributed by atoms with van der Waals surface area (Å²) in [5.74, 6) is -1.68. The van der Waals surface area contributed by atoms with Gasteiger partial charge in [-0.25, -0.2) is 9.59 Å². The highest BCUT2D eigenvalue weighted by Crippen LogP contribution is 2.18. The van der Waals surface area contributed by atoms with E-state index in [9.17, 15) is 9.59 Å². The molecule has 0 aliphatic heterocycles. The van der Waals surface area contributed by atoms with Crippen molar-refractivity contribution in [3.8, 4) is 0 Å². The largest absolute Gasteiger partial charge is 0.478 e. The maximum absolute atomic E-state index is 11.0. The molecule has 0 radical (unpaired) electrons. The molecule has 0 heterocycles. The van der Waals surface area contributed by atoms with Crippen molar-refractivity contribution >= 4 is 23.5 Å². The number of hydrogen-bond acceptors (Lipinski definition) is 3. The van der Waals surface area contributed by atoms with Crippen LogP contribution in [0.25, 0.3) is 0 Å². The van der Waals surface area contributed by atoms with Gasteiger partial charge < -0.3 is 9.84 Å². The average Bonchev–Trinajstić information content (AvgIpc) is 2.15. The number of carbonyl (C=O) groups is 2. The second-order valence-electron chi connectivity index (χ2n) is 2.49. The van der Waals surface area contributed by atoms with E-state index in [0.29, 0.717) is 0 Å². The van der Waals surface area contributed by atoms with Crippen LogP contribution in [-0.4, -0.2) is 24.2 Å². The van der Waals surface area contributed by atoms with Gasteiger partial charge in [0.05, 0.1) is 23.3 Å². The zero-order valence-corrected chi connectivity index (χ0v) is 8.04. The van der Waals surface area contributed by atoms with E-state index in [1.54, 1.807) is 0 Å². The third-order valence-electron chi connectivity index (χ3n) is 1.62. The topological polar surface area (TPSA) is 63.6 Å². The fraction of sp³-hybridized carbons (Fsp3) is 0.111. The van der Waals surface area contributed by atoms with Gasteiger partial charge in [0.2, 0.25) is 0 Å². The molecule has 0 saturated heterocycles. The molecular formula is C9H7ClO4. The maximum atomic E-state index is 11.0. The van der Waals surface area contributed by atoms with Crippen LogP contribution >= 0.6 is 11.6 Å². The van der Waals surface area contributed by atoms with E-state index < -0.39 is 11.9 Å². The predicted octanol–water partition coefficient (Wildman–Crippen LogP) is 1.82. The van der Waals surface area contributed by atoms with Crippen LogP contribution in [0.3, 0.4) is 0 Å². The number of carboxylic acid groups (broad SMARTS) is 1. The summed E-state index contributed by atoms with van der Waals surface area (Å²) < 4.78 is 4.45. The van der Waals surface area contributed by atoms with Crippen LogP contribution in [0.5, 0.6) is 0 Å². The van der Waals surface area contributed by atoms with Crippen molar-refractivity contribution in [3.05, 3.63) is 34.3 Å². The monoisotopic (exact) mass is 214 g/mol. The van der Waals surface area contributed by atoms with Crippen molar-refractivity contribution in [3.63, 3.8) is 0 Å². The zero-order chi connectivity index (χ0) is 10.7. The van der Waals surface area contributed by atoms with E-state index >= 15 is 0 Å². The smallest absolute Gasteiger partial charge is 0.337 e. The number of aromatic carboxylic acids is 1. The van der Waals surface area contributed by atoms with Crippen LogP contribution < -0.4 is 0 Å². The fourth-order valence-electron chi connectivity index (χ4n) is 0.933. The second kappa shape index (κ2) is 4.11. The predicted molar refractivity (Wildman–Crippen MR) is 49.8 cm³/mol. The molecule has 14 heavy (non-hydrogen) atoms. The number of carbonyl (C=O) groups excluding carboxylic acids is 1. The SMILES string of the molecule is COC(=O)c1ccc(C(=O)O)c(Cl)c1. The van der Waals surface area contributed by atoms with Crippen LogP contribution in [0, 0.1) is 0 Å². The first kappa shape index (κ1) is 10.5. The molecule has 0 fully saturated rings. The third-order valence-corrected chi connectivity index (χ3v) is 1.93. The van der Waals surface area contributed by atoms with Crippen LogP contribution in [0.4, 0.5) is 0 Å². The van der Waals surface area contributed by atoms with Gasteiger partial charge in [-0.1, -0.05) is 11.6 Å². The van der Waals surface area contributed by atoms with E-state index in [1.165, 1.54) is 25.3 Å². The maximum Gasteiger partial charge on any atom is 0.337 e. The average molecular weight is 215 g/mol. The molecule has 1 aromatic carbocycles. The highest BCUT2D eigenvalue weighted by atomic mass is 35.5. The van der Waals surface area contributed by atoms with Gasteiger partial charge in [-0.3, -0.25) is 0 Å². The minimum atomic E-state index is -1.13. The quantitative estimate of drug-likeness (QED) is 0.763. The highest BCUT2D eigenvalue weighted by molar-refractivity contribution is 6.33. The van der Waals surface area contributed by atoms with Gasteiger partial charge in [-0.2, -0.15) is 0 Å². The minimum absolute atomic E-state index is 0.0143. The summed E-state index contributed by atoms with van der Waals surface area (Å²) in [6.45, 7) is 0. The molecule has 0 unspecified atom stereocenters. The lowest BCUT2D eigenvalue weighted by Gasteiger charge is -2.01. The number of carboxylic acids is 1. The van der Waals surface area contributed by atoms with Gasteiger partial charge >= 0.3 is 11.9 Å². The van der Waals surface area contributed by atoms with Gasteiger partial charge in [0.15, 0.2) is 0 Å². The van der Waals surface area contributed by atoms with Gasteiger partial charge in [0, 0.05) is 0 Å². The molecule has 0 aliphatic carbocycles. The molecule has 74 valence electrons. The summed E-state index contributed by atoms with van der Waals surface area (Å²) in [5.41, 5.74) is 0.182. The van der Waals surface area contributed by atoms with E-state index in [4.69, 9.17) is 16.7 Å². The normalized spacial score (nSPS) is 9.57. The van der Waals surface area contributed by atoms with Crippen molar-refractivity contribution in [2.75, 3.05) is 7.11 Å². The Morgan fingerprint density at radius 3 is 2.50 bits per heavy atom. The Bertz CT molecular complexity index is 386. The lowest BCUT2D eigenvalue weighted by atomic mass is 10.1. The summed E-state index contributed by atoms with van der Waals surface area (Å²) in [7, 11) is 1.24. The van der Waals surface area contributed by atoms with Gasteiger partial charge in [-0.05, 0) is 18.2 Å². The Kier molecular flexibility index (Phi) is 3.09. The van der Waals surface area contributed by atoms with Crippen molar-refractivity contribution in [2.24, 2.45) is 0 Å². The van der Waals surface area contributed by atoms with Crippen LogP contribution in [0.2, 0.25) is 5.02 Å². The zero-order valence-electron chi connectivity index (χ0n) is 7.28. The van der Waals surface area contributed by atoms with Gasteiger partial charge in [0.25, 0.3) is 0 Å². The van der Waals surface area contributed by atoms with Crippen LogP contribution in [0.15, 0.2) is 18.2 Å². The summed E-state index contributed by atoms with van der Waals surface area (Å²) in [5, 5.41) is 8.67. The molecule has 0 saturated carbocycles. The van der Waals surface area contributed by atoms with Crippen molar-refractivity contribution < 1.29 is 19.4 Å². The van der Waals surface area contributed by atoms with Crippen LogP contribution in [0.1, 0.15) is 20.7 Å². The number of rotatable bonds is 2. The Hall–Kier alpha value is -1.55. The highest BCUT2D eigenvalue weighted by Gasteiger charge is 2.12. The lowest BCUT2D eigenvalue weighted by Crippen LogP contribution is -2.03. The number of benzene rings is 1. The first-order valence-corrected chi connectivity index (χ1v) is 4.05. The Balaban J connectivity index is 3.12. The first-order chi connectivity index (χ1) is 6.56. The van der Waals surface area contributed by atoms with E-state index in [0.717, 1.165) is 0 Å². The Labute approximate surface area is 85.1 Å². The molecule has 1 N–H and O–H groups in total. The minimum Gasteiger partial charge on any atom is -0.478 e. The van der Waals surface area contributed by atoms with Crippen molar-refractivity contribution in [2.45, 2.75) is 0 Å². The van der Waals surface area contributed by atoms with Crippen molar-refractivity contribution in [1.82, 2.24) is 0 Å². The molecular weight excluding hydrogens is 208 g/mol. The molecule has 0 bridgehead atoms. The molecule has 5 heteroatoms. The fourth-order valence-corrected chi connectivity index (χ4v) is 1.19. The molecule has 0 amide bonds. The van der Waals surface area contributed by atoms with Crippen molar-refractivity contribution in [1.29, 1.82) is 0 Å². The summed E-state index contributed by atoms with van der Waals surface area (Å²) in [6, 6.07) is 3.87. The standard InChI is InChI=1S/C9H7ClO4/c1-14-9(13)5-2-3-6(8(11)12)7(10)4-5/h2-4H,1H3,(H,11,12).